The van der Waals surface area contributed by atoms with Gasteiger partial charge in [0.2, 0.25) is 5.91 Å². The van der Waals surface area contributed by atoms with Crippen LogP contribution in [0.1, 0.15) is 37.0 Å². The number of nitrogens with one attached hydrogen (secondary N) is 3. The average molecular weight is 332 g/mol. The number of likely N-dealkylation sites (N-methyl/N-ethyl adjacent to an activating group) is 1. The van der Waals surface area contributed by atoms with Crippen LogP contribution in [-0.4, -0.2) is 55.5 Å². The van der Waals surface area contributed by atoms with E-state index < -0.39 is 0 Å². The van der Waals surface area contributed by atoms with Crippen molar-refractivity contribution in [2.24, 2.45) is 0 Å². The van der Waals surface area contributed by atoms with Crippen molar-refractivity contribution in [3.8, 4) is 0 Å². The lowest BCUT2D eigenvalue weighted by molar-refractivity contribution is -0.117. The largest absolute Gasteiger partial charge is 0.351 e. The molecule has 1 fully saturated rings. The standard InChI is InChI=1S/C18H28N4O2/c1-3-22(4-2)12-11-20-17(23)14-7-5-8-15(13-14)21-18(24)16-9-6-10-19-16/h5,7-8,13,16,19H,3-4,6,9-12H2,1-2H3,(H,20,23)(H,21,24). The molecule has 1 saturated heterocycles. The highest BCUT2D eigenvalue weighted by molar-refractivity contribution is 5.98. The Bertz CT molecular complexity index is 552. The van der Waals surface area contributed by atoms with Crippen LogP contribution >= 0.6 is 0 Å². The number of benzene rings is 1. The minimum Gasteiger partial charge on any atom is -0.351 e. The summed E-state index contributed by atoms with van der Waals surface area (Å²) in [4.78, 5) is 26.6. The number of carbonyl (C=O) groups excluding carboxylic acids is 2. The van der Waals surface area contributed by atoms with Gasteiger partial charge in [-0.2, -0.15) is 0 Å². The van der Waals surface area contributed by atoms with Gasteiger partial charge in [0.1, 0.15) is 0 Å². The van der Waals surface area contributed by atoms with E-state index in [0.717, 1.165) is 39.0 Å². The molecule has 0 bridgehead atoms. The molecule has 1 aromatic carbocycles. The van der Waals surface area contributed by atoms with Gasteiger partial charge in [-0.25, -0.2) is 0 Å². The van der Waals surface area contributed by atoms with E-state index in [2.05, 4.69) is 34.7 Å². The Hall–Kier alpha value is -1.92. The van der Waals surface area contributed by atoms with Gasteiger partial charge in [-0.1, -0.05) is 19.9 Å². The number of hydrogen-bond donors (Lipinski definition) is 3. The average Bonchev–Trinajstić information content (AvgIpc) is 3.13. The van der Waals surface area contributed by atoms with Crippen molar-refractivity contribution in [2.75, 3.05) is 38.0 Å². The summed E-state index contributed by atoms with van der Waals surface area (Å²) in [6.45, 7) is 8.50. The monoisotopic (exact) mass is 332 g/mol. The zero-order chi connectivity index (χ0) is 17.4. The van der Waals surface area contributed by atoms with E-state index in [1.54, 1.807) is 24.3 Å². The molecule has 132 valence electrons. The number of amides is 2. The van der Waals surface area contributed by atoms with Crippen molar-refractivity contribution in [3.05, 3.63) is 29.8 Å². The summed E-state index contributed by atoms with van der Waals surface area (Å²) >= 11 is 0. The van der Waals surface area contributed by atoms with Crippen LogP contribution in [0.3, 0.4) is 0 Å². The van der Waals surface area contributed by atoms with E-state index in [1.165, 1.54) is 0 Å². The number of anilines is 1. The highest BCUT2D eigenvalue weighted by Crippen LogP contribution is 2.13. The van der Waals surface area contributed by atoms with E-state index in [4.69, 9.17) is 0 Å². The molecule has 0 spiro atoms. The van der Waals surface area contributed by atoms with Crippen molar-refractivity contribution in [3.63, 3.8) is 0 Å². The summed E-state index contributed by atoms with van der Waals surface area (Å²) in [7, 11) is 0. The van der Waals surface area contributed by atoms with Gasteiger partial charge in [-0.3, -0.25) is 9.59 Å². The minimum absolute atomic E-state index is 0.0356. The molecule has 6 nitrogen and oxygen atoms in total. The number of hydrogen-bond acceptors (Lipinski definition) is 4. The van der Waals surface area contributed by atoms with Crippen molar-refractivity contribution in [1.29, 1.82) is 0 Å². The second kappa shape index (κ2) is 9.39. The first kappa shape index (κ1) is 18.4. The Morgan fingerprint density at radius 1 is 1.29 bits per heavy atom. The number of nitrogens with zero attached hydrogens (tertiary/aromatic N) is 1. The van der Waals surface area contributed by atoms with Crippen LogP contribution in [-0.2, 0) is 4.79 Å². The fourth-order valence-electron chi connectivity index (χ4n) is 2.85. The van der Waals surface area contributed by atoms with E-state index >= 15 is 0 Å². The molecule has 1 heterocycles. The molecule has 0 radical (unpaired) electrons. The smallest absolute Gasteiger partial charge is 0.251 e. The summed E-state index contributed by atoms with van der Waals surface area (Å²) in [5, 5.41) is 8.98. The Labute approximate surface area is 144 Å². The van der Waals surface area contributed by atoms with Gasteiger partial charge < -0.3 is 20.9 Å². The van der Waals surface area contributed by atoms with Gasteiger partial charge in [0.05, 0.1) is 6.04 Å². The maximum absolute atomic E-state index is 12.2. The molecule has 0 aromatic heterocycles. The fraction of sp³-hybridized carbons (Fsp3) is 0.556. The lowest BCUT2D eigenvalue weighted by Crippen LogP contribution is -2.36. The molecule has 1 atom stereocenters. The maximum Gasteiger partial charge on any atom is 0.251 e. The zero-order valence-electron chi connectivity index (χ0n) is 14.6. The summed E-state index contributed by atoms with van der Waals surface area (Å²) in [6, 6.07) is 6.95. The van der Waals surface area contributed by atoms with Crippen LogP contribution in [0, 0.1) is 0 Å². The number of rotatable bonds is 8. The first-order valence-electron chi connectivity index (χ1n) is 8.79. The molecule has 2 rings (SSSR count). The lowest BCUT2D eigenvalue weighted by atomic mass is 10.1. The minimum atomic E-state index is -0.128. The van der Waals surface area contributed by atoms with Gasteiger partial charge >= 0.3 is 0 Å². The molecule has 3 N–H and O–H groups in total. The fourth-order valence-corrected chi connectivity index (χ4v) is 2.85. The summed E-state index contributed by atoms with van der Waals surface area (Å²) in [6.07, 6.45) is 1.88. The highest BCUT2D eigenvalue weighted by Gasteiger charge is 2.22. The Kier molecular flexibility index (Phi) is 7.21. The summed E-state index contributed by atoms with van der Waals surface area (Å²) < 4.78 is 0. The van der Waals surface area contributed by atoms with E-state index in [-0.39, 0.29) is 17.9 Å². The molecule has 0 saturated carbocycles. The van der Waals surface area contributed by atoms with Crippen LogP contribution < -0.4 is 16.0 Å². The van der Waals surface area contributed by atoms with Crippen molar-refractivity contribution in [1.82, 2.24) is 15.5 Å². The van der Waals surface area contributed by atoms with Crippen LogP contribution in [0.15, 0.2) is 24.3 Å². The molecule has 24 heavy (non-hydrogen) atoms. The SMILES string of the molecule is CCN(CC)CCNC(=O)c1cccc(NC(=O)C2CCCN2)c1. The molecular weight excluding hydrogens is 304 g/mol. The van der Waals surface area contributed by atoms with Gasteiger partial charge in [0.15, 0.2) is 0 Å². The second-order valence-corrected chi connectivity index (χ2v) is 6.00. The topological polar surface area (TPSA) is 73.5 Å². The van der Waals surface area contributed by atoms with Crippen LogP contribution in [0.5, 0.6) is 0 Å². The van der Waals surface area contributed by atoms with Gasteiger partial charge in [-0.05, 0) is 50.7 Å². The highest BCUT2D eigenvalue weighted by atomic mass is 16.2. The maximum atomic E-state index is 12.2. The molecule has 1 aliphatic heterocycles. The van der Waals surface area contributed by atoms with Gasteiger partial charge in [0.25, 0.3) is 5.91 Å². The second-order valence-electron chi connectivity index (χ2n) is 6.00. The molecule has 6 heteroatoms. The van der Waals surface area contributed by atoms with Crippen molar-refractivity contribution in [2.45, 2.75) is 32.7 Å². The van der Waals surface area contributed by atoms with Crippen molar-refractivity contribution >= 4 is 17.5 Å². The van der Waals surface area contributed by atoms with E-state index in [1.807, 2.05) is 0 Å². The van der Waals surface area contributed by atoms with Gasteiger partial charge in [-0.15, -0.1) is 0 Å². The van der Waals surface area contributed by atoms with Crippen LogP contribution in [0.25, 0.3) is 0 Å². The van der Waals surface area contributed by atoms with Crippen molar-refractivity contribution < 1.29 is 9.59 Å². The molecule has 1 unspecified atom stereocenters. The lowest BCUT2D eigenvalue weighted by Gasteiger charge is -2.18. The molecule has 1 aliphatic rings. The Balaban J connectivity index is 1.86. The van der Waals surface area contributed by atoms with Crippen LogP contribution in [0.2, 0.25) is 0 Å². The van der Waals surface area contributed by atoms with E-state index in [0.29, 0.717) is 17.8 Å². The molecule has 1 aromatic rings. The quantitative estimate of drug-likeness (QED) is 0.674. The molecular formula is C18H28N4O2. The predicted octanol–water partition coefficient (Wildman–Crippen LogP) is 1.45. The first-order valence-corrected chi connectivity index (χ1v) is 8.79. The summed E-state index contributed by atoms with van der Waals surface area (Å²) in [5.41, 5.74) is 1.22. The normalized spacial score (nSPS) is 17.0. The Morgan fingerprint density at radius 2 is 2.08 bits per heavy atom. The predicted molar refractivity (Wildman–Crippen MR) is 96.2 cm³/mol. The molecule has 0 aliphatic carbocycles. The molecule has 2 amide bonds. The third-order valence-corrected chi connectivity index (χ3v) is 4.38. The zero-order valence-corrected chi connectivity index (χ0v) is 14.6. The van der Waals surface area contributed by atoms with Gasteiger partial charge in [0, 0.05) is 24.3 Å². The Morgan fingerprint density at radius 3 is 2.75 bits per heavy atom. The van der Waals surface area contributed by atoms with Crippen LogP contribution in [0.4, 0.5) is 5.69 Å². The number of carbonyl (C=O) groups is 2. The third kappa shape index (κ3) is 5.32. The summed E-state index contributed by atoms with van der Waals surface area (Å²) in [5.74, 6) is -0.149. The van der Waals surface area contributed by atoms with E-state index in [9.17, 15) is 9.59 Å². The third-order valence-electron chi connectivity index (χ3n) is 4.38. The first-order chi connectivity index (χ1) is 11.6.